The van der Waals surface area contributed by atoms with Gasteiger partial charge in [0.25, 0.3) is 5.91 Å². The molecule has 1 aromatic heterocycles. The summed E-state index contributed by atoms with van der Waals surface area (Å²) in [7, 11) is 2.98. The zero-order valence-electron chi connectivity index (χ0n) is 17.9. The maximum atomic E-state index is 12.4. The van der Waals surface area contributed by atoms with Gasteiger partial charge in [0, 0.05) is 11.8 Å². The lowest BCUT2D eigenvalue weighted by molar-refractivity contribution is -0.119. The van der Waals surface area contributed by atoms with Gasteiger partial charge in [-0.15, -0.1) is 0 Å². The van der Waals surface area contributed by atoms with Crippen molar-refractivity contribution in [1.29, 1.82) is 0 Å². The van der Waals surface area contributed by atoms with Crippen LogP contribution < -0.4 is 14.8 Å². The fourth-order valence-corrected chi connectivity index (χ4v) is 2.82. The van der Waals surface area contributed by atoms with Crippen LogP contribution in [-0.2, 0) is 14.3 Å². The lowest BCUT2D eigenvalue weighted by Crippen LogP contribution is -2.21. The van der Waals surface area contributed by atoms with Crippen molar-refractivity contribution in [1.82, 2.24) is 4.98 Å². The van der Waals surface area contributed by atoms with E-state index in [-0.39, 0.29) is 17.4 Å². The second-order valence-corrected chi connectivity index (χ2v) is 6.77. The molecule has 0 bridgehead atoms. The molecule has 2 N–H and O–H groups in total. The van der Waals surface area contributed by atoms with Crippen LogP contribution in [0.2, 0.25) is 0 Å². The van der Waals surface area contributed by atoms with E-state index >= 15 is 0 Å². The number of aromatic amines is 1. The highest BCUT2D eigenvalue weighted by Crippen LogP contribution is 2.29. The minimum absolute atomic E-state index is 0.0954. The standard InChI is InChI=1S/C21H26N2O7/c1-11(2)30-20(25)18-12(3)19(22-13(18)4)21(26)29-10-17(24)23-15-8-7-14(27-5)9-16(15)28-6/h7-9,11,22H,10H2,1-6H3,(H,23,24). The molecule has 2 aromatic rings. The Labute approximate surface area is 174 Å². The number of amides is 1. The van der Waals surface area contributed by atoms with Gasteiger partial charge in [-0.05, 0) is 45.4 Å². The van der Waals surface area contributed by atoms with E-state index in [1.165, 1.54) is 14.2 Å². The molecule has 0 aliphatic heterocycles. The number of H-pyrrole nitrogens is 1. The molecule has 9 nitrogen and oxygen atoms in total. The Balaban J connectivity index is 2.04. The van der Waals surface area contributed by atoms with E-state index in [1.54, 1.807) is 45.9 Å². The summed E-state index contributed by atoms with van der Waals surface area (Å²) < 4.78 is 20.6. The van der Waals surface area contributed by atoms with Gasteiger partial charge in [0.15, 0.2) is 6.61 Å². The average molecular weight is 418 g/mol. The van der Waals surface area contributed by atoms with Crippen LogP contribution in [0, 0.1) is 13.8 Å². The quantitative estimate of drug-likeness (QED) is 0.633. The topological polar surface area (TPSA) is 116 Å². The number of methoxy groups -OCH3 is 2. The summed E-state index contributed by atoms with van der Waals surface area (Å²) in [5.41, 5.74) is 1.67. The molecule has 1 aromatic carbocycles. The Morgan fingerprint density at radius 3 is 2.37 bits per heavy atom. The van der Waals surface area contributed by atoms with Crippen LogP contribution in [0.25, 0.3) is 0 Å². The van der Waals surface area contributed by atoms with Gasteiger partial charge in [-0.1, -0.05) is 0 Å². The van der Waals surface area contributed by atoms with Gasteiger partial charge in [0.2, 0.25) is 0 Å². The third kappa shape index (κ3) is 5.31. The lowest BCUT2D eigenvalue weighted by Gasteiger charge is -2.11. The smallest absolute Gasteiger partial charge is 0.355 e. The monoisotopic (exact) mass is 418 g/mol. The maximum absolute atomic E-state index is 12.4. The number of aryl methyl sites for hydroxylation is 1. The van der Waals surface area contributed by atoms with Crippen molar-refractivity contribution in [3.8, 4) is 11.5 Å². The zero-order valence-corrected chi connectivity index (χ0v) is 17.9. The summed E-state index contributed by atoms with van der Waals surface area (Å²) in [5, 5.41) is 2.61. The van der Waals surface area contributed by atoms with Crippen LogP contribution in [0.1, 0.15) is 46.0 Å². The number of carbonyl (C=O) groups excluding carboxylic acids is 3. The molecule has 0 fully saturated rings. The highest BCUT2D eigenvalue weighted by Gasteiger charge is 2.25. The third-order valence-corrected chi connectivity index (χ3v) is 4.21. The molecular formula is C21H26N2O7. The Morgan fingerprint density at radius 2 is 1.77 bits per heavy atom. The normalized spacial score (nSPS) is 10.5. The predicted molar refractivity (Wildman–Crippen MR) is 109 cm³/mol. The molecule has 0 saturated carbocycles. The Morgan fingerprint density at radius 1 is 1.07 bits per heavy atom. The molecule has 0 atom stereocenters. The van der Waals surface area contributed by atoms with E-state index in [0.717, 1.165) is 0 Å². The zero-order chi connectivity index (χ0) is 22.4. The highest BCUT2D eigenvalue weighted by atomic mass is 16.5. The van der Waals surface area contributed by atoms with Crippen molar-refractivity contribution in [3.05, 3.63) is 40.7 Å². The second kappa shape index (κ2) is 9.82. The van der Waals surface area contributed by atoms with Gasteiger partial charge in [0.05, 0.1) is 31.6 Å². The van der Waals surface area contributed by atoms with Crippen LogP contribution in [0.3, 0.4) is 0 Å². The van der Waals surface area contributed by atoms with Crippen molar-refractivity contribution in [2.75, 3.05) is 26.1 Å². The van der Waals surface area contributed by atoms with Crippen LogP contribution in [-0.4, -0.2) is 49.8 Å². The molecule has 1 amide bonds. The van der Waals surface area contributed by atoms with Crippen molar-refractivity contribution < 1.29 is 33.3 Å². The van der Waals surface area contributed by atoms with Gasteiger partial charge in [0.1, 0.15) is 17.2 Å². The number of nitrogens with one attached hydrogen (secondary N) is 2. The van der Waals surface area contributed by atoms with E-state index in [4.69, 9.17) is 18.9 Å². The van der Waals surface area contributed by atoms with E-state index in [1.807, 2.05) is 0 Å². The molecule has 30 heavy (non-hydrogen) atoms. The molecular weight excluding hydrogens is 392 g/mol. The molecule has 9 heteroatoms. The minimum atomic E-state index is -0.754. The SMILES string of the molecule is COc1ccc(NC(=O)COC(=O)c2[nH]c(C)c(C(=O)OC(C)C)c2C)c(OC)c1. The summed E-state index contributed by atoms with van der Waals surface area (Å²) in [6.07, 6.45) is -0.291. The molecule has 2 rings (SSSR count). The van der Waals surface area contributed by atoms with Gasteiger partial charge < -0.3 is 29.2 Å². The molecule has 1 heterocycles. The van der Waals surface area contributed by atoms with E-state index in [9.17, 15) is 14.4 Å². The summed E-state index contributed by atoms with van der Waals surface area (Å²) in [6.45, 7) is 6.22. The molecule has 0 radical (unpaired) electrons. The number of anilines is 1. The first-order valence-electron chi connectivity index (χ1n) is 9.27. The molecule has 162 valence electrons. The first kappa shape index (κ1) is 22.8. The number of benzene rings is 1. The number of hydrogen-bond donors (Lipinski definition) is 2. The highest BCUT2D eigenvalue weighted by molar-refractivity contribution is 6.00. The van der Waals surface area contributed by atoms with Crippen molar-refractivity contribution >= 4 is 23.5 Å². The lowest BCUT2D eigenvalue weighted by atomic mass is 10.1. The fourth-order valence-electron chi connectivity index (χ4n) is 2.82. The summed E-state index contributed by atoms with van der Waals surface area (Å²) >= 11 is 0. The van der Waals surface area contributed by atoms with E-state index in [0.29, 0.717) is 28.4 Å². The molecule has 0 aliphatic carbocycles. The predicted octanol–water partition coefficient (Wildman–Crippen LogP) is 3.01. The molecule has 0 unspecified atom stereocenters. The first-order chi connectivity index (χ1) is 14.2. The summed E-state index contributed by atoms with van der Waals surface area (Å²) in [4.78, 5) is 39.7. The Hall–Kier alpha value is -3.49. The molecule has 0 saturated heterocycles. The van der Waals surface area contributed by atoms with Crippen molar-refractivity contribution in [2.24, 2.45) is 0 Å². The van der Waals surface area contributed by atoms with Crippen molar-refractivity contribution in [2.45, 2.75) is 33.8 Å². The van der Waals surface area contributed by atoms with Crippen molar-refractivity contribution in [3.63, 3.8) is 0 Å². The van der Waals surface area contributed by atoms with E-state index < -0.39 is 24.5 Å². The number of carbonyl (C=O) groups is 3. The largest absolute Gasteiger partial charge is 0.497 e. The van der Waals surface area contributed by atoms with Gasteiger partial charge in [-0.3, -0.25) is 4.79 Å². The van der Waals surface area contributed by atoms with Crippen LogP contribution in [0.5, 0.6) is 11.5 Å². The fraction of sp³-hybridized carbons (Fsp3) is 0.381. The maximum Gasteiger partial charge on any atom is 0.355 e. The Bertz CT molecular complexity index is 947. The summed E-state index contributed by atoms with van der Waals surface area (Å²) in [5.74, 6) is -0.860. The second-order valence-electron chi connectivity index (χ2n) is 6.77. The number of hydrogen-bond acceptors (Lipinski definition) is 7. The first-order valence-corrected chi connectivity index (χ1v) is 9.27. The van der Waals surface area contributed by atoms with Crippen LogP contribution in [0.4, 0.5) is 5.69 Å². The van der Waals surface area contributed by atoms with Gasteiger partial charge >= 0.3 is 11.9 Å². The summed E-state index contributed by atoms with van der Waals surface area (Å²) in [6, 6.07) is 4.89. The number of aromatic nitrogens is 1. The van der Waals surface area contributed by atoms with E-state index in [2.05, 4.69) is 10.3 Å². The third-order valence-electron chi connectivity index (χ3n) is 4.21. The van der Waals surface area contributed by atoms with Gasteiger partial charge in [-0.25, -0.2) is 9.59 Å². The minimum Gasteiger partial charge on any atom is -0.497 e. The average Bonchev–Trinajstić information content (AvgIpc) is 3.00. The van der Waals surface area contributed by atoms with Gasteiger partial charge in [-0.2, -0.15) is 0 Å². The van der Waals surface area contributed by atoms with Crippen LogP contribution >= 0.6 is 0 Å². The molecule has 0 spiro atoms. The van der Waals surface area contributed by atoms with Crippen LogP contribution in [0.15, 0.2) is 18.2 Å². The number of ether oxygens (including phenoxy) is 4. The number of rotatable bonds is 8. The number of esters is 2. The molecule has 0 aliphatic rings. The Kier molecular flexibility index (Phi) is 7.46.